The summed E-state index contributed by atoms with van der Waals surface area (Å²) in [6, 6.07) is 12.5. The molecule has 0 unspecified atom stereocenters. The molecule has 0 spiro atoms. The van der Waals surface area contributed by atoms with Crippen molar-refractivity contribution in [3.8, 4) is 5.75 Å². The SMILES string of the molecule is CC(C)CN(Cc1c(O)ccc2ccccc12)C(C)C. The van der Waals surface area contributed by atoms with Crippen LogP contribution in [0.15, 0.2) is 36.4 Å². The molecule has 0 radical (unpaired) electrons. The van der Waals surface area contributed by atoms with Crippen molar-refractivity contribution in [1.29, 1.82) is 0 Å². The van der Waals surface area contributed by atoms with E-state index in [2.05, 4.69) is 44.7 Å². The molecule has 0 aliphatic carbocycles. The third-order valence-electron chi connectivity index (χ3n) is 3.71. The monoisotopic (exact) mass is 271 g/mol. The first-order chi connectivity index (χ1) is 9.49. The number of benzene rings is 2. The number of hydrogen-bond donors (Lipinski definition) is 1. The van der Waals surface area contributed by atoms with Gasteiger partial charge in [-0.25, -0.2) is 0 Å². The zero-order chi connectivity index (χ0) is 14.7. The molecule has 2 heteroatoms. The number of aromatic hydroxyl groups is 1. The summed E-state index contributed by atoms with van der Waals surface area (Å²) in [6.45, 7) is 10.7. The predicted octanol–water partition coefficient (Wildman–Crippen LogP) is 4.41. The molecule has 2 aromatic rings. The summed E-state index contributed by atoms with van der Waals surface area (Å²) in [5, 5.41) is 12.6. The number of hydrogen-bond acceptors (Lipinski definition) is 2. The van der Waals surface area contributed by atoms with Crippen molar-refractivity contribution in [1.82, 2.24) is 4.90 Å². The highest BCUT2D eigenvalue weighted by molar-refractivity contribution is 5.87. The maximum atomic E-state index is 10.2. The highest BCUT2D eigenvalue weighted by atomic mass is 16.3. The predicted molar refractivity (Wildman–Crippen MR) is 86.0 cm³/mol. The minimum absolute atomic E-state index is 0.401. The van der Waals surface area contributed by atoms with Crippen molar-refractivity contribution in [2.45, 2.75) is 40.3 Å². The van der Waals surface area contributed by atoms with Gasteiger partial charge in [0, 0.05) is 24.7 Å². The summed E-state index contributed by atoms with van der Waals surface area (Å²) in [6.07, 6.45) is 0. The lowest BCUT2D eigenvalue weighted by molar-refractivity contribution is 0.188. The molecule has 0 atom stereocenters. The van der Waals surface area contributed by atoms with E-state index in [4.69, 9.17) is 0 Å². The average Bonchev–Trinajstić information content (AvgIpc) is 2.40. The molecule has 0 saturated heterocycles. The third kappa shape index (κ3) is 3.31. The Hall–Kier alpha value is -1.54. The van der Waals surface area contributed by atoms with Crippen LogP contribution in [0.2, 0.25) is 0 Å². The Bertz CT molecular complexity index is 575. The van der Waals surface area contributed by atoms with Crippen LogP contribution < -0.4 is 0 Å². The molecule has 0 aromatic heterocycles. The lowest BCUT2D eigenvalue weighted by atomic mass is 10.0. The fourth-order valence-corrected chi connectivity index (χ4v) is 2.62. The molecule has 108 valence electrons. The lowest BCUT2D eigenvalue weighted by Gasteiger charge is -2.29. The highest BCUT2D eigenvalue weighted by Crippen LogP contribution is 2.29. The fourth-order valence-electron chi connectivity index (χ4n) is 2.62. The van der Waals surface area contributed by atoms with Crippen LogP contribution in [0.25, 0.3) is 10.8 Å². The Balaban J connectivity index is 2.38. The number of phenols is 1. The molecular weight excluding hydrogens is 246 g/mol. The quantitative estimate of drug-likeness (QED) is 0.870. The Morgan fingerprint density at radius 2 is 1.70 bits per heavy atom. The van der Waals surface area contributed by atoms with Gasteiger partial charge in [-0.3, -0.25) is 4.90 Å². The van der Waals surface area contributed by atoms with Gasteiger partial charge >= 0.3 is 0 Å². The van der Waals surface area contributed by atoms with Gasteiger partial charge in [-0.15, -0.1) is 0 Å². The van der Waals surface area contributed by atoms with Gasteiger partial charge in [0.05, 0.1) is 0 Å². The first kappa shape index (κ1) is 14.9. The maximum absolute atomic E-state index is 10.2. The molecule has 2 rings (SSSR count). The molecule has 0 heterocycles. The molecule has 0 amide bonds. The molecule has 0 saturated carbocycles. The van der Waals surface area contributed by atoms with E-state index in [-0.39, 0.29) is 0 Å². The summed E-state index contributed by atoms with van der Waals surface area (Å²) in [5.41, 5.74) is 1.04. The number of fused-ring (bicyclic) bond motifs is 1. The van der Waals surface area contributed by atoms with Crippen LogP contribution in [-0.4, -0.2) is 22.6 Å². The van der Waals surface area contributed by atoms with Crippen LogP contribution in [0.3, 0.4) is 0 Å². The van der Waals surface area contributed by atoms with E-state index in [0.717, 1.165) is 24.0 Å². The lowest BCUT2D eigenvalue weighted by Crippen LogP contribution is -2.33. The van der Waals surface area contributed by atoms with E-state index in [1.54, 1.807) is 0 Å². The Morgan fingerprint density at radius 3 is 2.35 bits per heavy atom. The molecular formula is C18H25NO. The van der Waals surface area contributed by atoms with Gasteiger partial charge in [0.2, 0.25) is 0 Å². The molecule has 0 fully saturated rings. The largest absolute Gasteiger partial charge is 0.508 e. The maximum Gasteiger partial charge on any atom is 0.120 e. The van der Waals surface area contributed by atoms with Gasteiger partial charge in [-0.1, -0.05) is 44.2 Å². The molecule has 0 aliphatic rings. The van der Waals surface area contributed by atoms with Crippen LogP contribution in [0, 0.1) is 5.92 Å². The summed E-state index contributed by atoms with van der Waals surface area (Å²) >= 11 is 0. The number of nitrogens with zero attached hydrogens (tertiary/aromatic N) is 1. The fraction of sp³-hybridized carbons (Fsp3) is 0.444. The normalized spacial score (nSPS) is 11.9. The van der Waals surface area contributed by atoms with Crippen LogP contribution in [0.1, 0.15) is 33.3 Å². The van der Waals surface area contributed by atoms with Crippen molar-refractivity contribution in [3.63, 3.8) is 0 Å². The van der Waals surface area contributed by atoms with Crippen LogP contribution in [0.5, 0.6) is 5.75 Å². The van der Waals surface area contributed by atoms with Gasteiger partial charge in [-0.05, 0) is 36.6 Å². The summed E-state index contributed by atoms with van der Waals surface area (Å²) in [4.78, 5) is 2.42. The zero-order valence-corrected chi connectivity index (χ0v) is 12.9. The van der Waals surface area contributed by atoms with Crippen molar-refractivity contribution in [3.05, 3.63) is 42.0 Å². The van der Waals surface area contributed by atoms with Crippen LogP contribution >= 0.6 is 0 Å². The van der Waals surface area contributed by atoms with Crippen molar-refractivity contribution < 1.29 is 5.11 Å². The van der Waals surface area contributed by atoms with E-state index in [9.17, 15) is 5.11 Å². The van der Waals surface area contributed by atoms with Gasteiger partial charge in [0.15, 0.2) is 0 Å². The van der Waals surface area contributed by atoms with E-state index < -0.39 is 0 Å². The van der Waals surface area contributed by atoms with Crippen molar-refractivity contribution in [2.24, 2.45) is 5.92 Å². The Kier molecular flexibility index (Phi) is 4.66. The second-order valence-corrected chi connectivity index (χ2v) is 6.20. The molecule has 2 nitrogen and oxygen atoms in total. The van der Waals surface area contributed by atoms with E-state index in [1.165, 1.54) is 5.39 Å². The minimum Gasteiger partial charge on any atom is -0.508 e. The van der Waals surface area contributed by atoms with Crippen molar-refractivity contribution in [2.75, 3.05) is 6.54 Å². The standard InChI is InChI=1S/C18H25NO/c1-13(2)11-19(14(3)4)12-17-16-8-6-5-7-15(16)9-10-18(17)20/h5-10,13-14,20H,11-12H2,1-4H3. The van der Waals surface area contributed by atoms with Gasteiger partial charge in [0.1, 0.15) is 5.75 Å². The Labute approximate surface area is 122 Å². The third-order valence-corrected chi connectivity index (χ3v) is 3.71. The molecule has 0 bridgehead atoms. The first-order valence-electron chi connectivity index (χ1n) is 7.42. The highest BCUT2D eigenvalue weighted by Gasteiger charge is 2.15. The first-order valence-corrected chi connectivity index (χ1v) is 7.42. The number of rotatable bonds is 5. The Morgan fingerprint density at radius 1 is 1.00 bits per heavy atom. The van der Waals surface area contributed by atoms with E-state index >= 15 is 0 Å². The second kappa shape index (κ2) is 6.27. The average molecular weight is 271 g/mol. The van der Waals surface area contributed by atoms with E-state index in [1.807, 2.05) is 24.3 Å². The van der Waals surface area contributed by atoms with Crippen LogP contribution in [0.4, 0.5) is 0 Å². The minimum atomic E-state index is 0.401. The smallest absolute Gasteiger partial charge is 0.120 e. The molecule has 0 aliphatic heterocycles. The summed E-state index contributed by atoms with van der Waals surface area (Å²) in [5.74, 6) is 1.02. The van der Waals surface area contributed by atoms with Gasteiger partial charge < -0.3 is 5.11 Å². The molecule has 2 aromatic carbocycles. The van der Waals surface area contributed by atoms with Gasteiger partial charge in [-0.2, -0.15) is 0 Å². The van der Waals surface area contributed by atoms with Gasteiger partial charge in [0.25, 0.3) is 0 Å². The van der Waals surface area contributed by atoms with E-state index in [0.29, 0.717) is 17.7 Å². The van der Waals surface area contributed by atoms with Crippen molar-refractivity contribution >= 4 is 10.8 Å². The molecule has 1 N–H and O–H groups in total. The van der Waals surface area contributed by atoms with Crippen LogP contribution in [-0.2, 0) is 6.54 Å². The molecule has 20 heavy (non-hydrogen) atoms. The topological polar surface area (TPSA) is 23.5 Å². The summed E-state index contributed by atoms with van der Waals surface area (Å²) in [7, 11) is 0. The summed E-state index contributed by atoms with van der Waals surface area (Å²) < 4.78 is 0. The second-order valence-electron chi connectivity index (χ2n) is 6.20. The number of phenolic OH excluding ortho intramolecular Hbond substituents is 1. The zero-order valence-electron chi connectivity index (χ0n) is 12.9.